The van der Waals surface area contributed by atoms with E-state index in [0.29, 0.717) is 32.3 Å². The van der Waals surface area contributed by atoms with Gasteiger partial charge in [-0.1, -0.05) is 12.1 Å². The second-order valence-corrected chi connectivity index (χ2v) is 9.86. The van der Waals surface area contributed by atoms with E-state index in [0.717, 1.165) is 48.7 Å². The molecule has 2 fully saturated rings. The maximum Gasteiger partial charge on any atom is 0.224 e. The van der Waals surface area contributed by atoms with E-state index < -0.39 is 0 Å². The summed E-state index contributed by atoms with van der Waals surface area (Å²) in [5, 5.41) is 0.917. The van der Waals surface area contributed by atoms with Crippen molar-refractivity contribution in [2.45, 2.75) is 24.0 Å². The van der Waals surface area contributed by atoms with E-state index in [1.54, 1.807) is 19.1 Å². The van der Waals surface area contributed by atoms with Crippen LogP contribution in [0.15, 0.2) is 53.4 Å². The molecule has 2 aliphatic heterocycles. The van der Waals surface area contributed by atoms with Crippen LogP contribution in [0.2, 0.25) is 0 Å². The van der Waals surface area contributed by atoms with E-state index in [4.69, 9.17) is 28.9 Å². The number of hydrogen-bond acceptors (Lipinski definition) is 9. The van der Waals surface area contributed by atoms with E-state index in [1.807, 2.05) is 36.4 Å². The van der Waals surface area contributed by atoms with Gasteiger partial charge in [-0.25, -0.2) is 9.29 Å². The van der Waals surface area contributed by atoms with Gasteiger partial charge in [0.05, 0.1) is 43.9 Å². The van der Waals surface area contributed by atoms with Crippen molar-refractivity contribution in [2.24, 2.45) is 0 Å². The number of benzene rings is 2. The van der Waals surface area contributed by atoms with E-state index in [-0.39, 0.29) is 12.1 Å². The van der Waals surface area contributed by atoms with E-state index in [1.165, 1.54) is 4.90 Å². The van der Waals surface area contributed by atoms with Crippen LogP contribution in [0.5, 0.6) is 11.6 Å². The molecule has 0 aliphatic carbocycles. The van der Waals surface area contributed by atoms with Crippen LogP contribution in [0.3, 0.4) is 0 Å². The largest absolute Gasteiger partial charge is 0.497 e. The third-order valence-corrected chi connectivity index (χ3v) is 7.47. The van der Waals surface area contributed by atoms with Crippen LogP contribution >= 0.6 is 11.9 Å². The first-order valence-electron chi connectivity index (χ1n) is 12.1. The zero-order chi connectivity index (χ0) is 24.0. The highest BCUT2D eigenvalue weighted by molar-refractivity contribution is 7.97. The number of nitrogens with zero attached hydrogens (tertiary/aromatic N) is 4. The number of hydrogen-bond donors (Lipinski definition) is 0. The van der Waals surface area contributed by atoms with Crippen molar-refractivity contribution in [2.75, 3.05) is 59.7 Å². The molecule has 0 radical (unpaired) electrons. The Hall–Kier alpha value is -2.43. The van der Waals surface area contributed by atoms with Gasteiger partial charge in [0.15, 0.2) is 0 Å². The first-order chi connectivity index (χ1) is 17.2. The Balaban J connectivity index is 1.24. The summed E-state index contributed by atoms with van der Waals surface area (Å²) < 4.78 is 25.0. The first-order valence-corrected chi connectivity index (χ1v) is 12.9. The minimum absolute atomic E-state index is 0.0744. The normalized spacial score (nSPS) is 20.6. The molecule has 8 nitrogen and oxygen atoms in total. The molecule has 0 N–H and O–H groups in total. The van der Waals surface area contributed by atoms with Crippen molar-refractivity contribution in [3.8, 4) is 11.6 Å². The molecule has 1 aromatic heterocycles. The average Bonchev–Trinajstić information content (AvgIpc) is 2.92. The quantitative estimate of drug-likeness (QED) is 0.433. The summed E-state index contributed by atoms with van der Waals surface area (Å²) in [6.45, 7) is 8.21. The molecule has 5 rings (SSSR count). The fourth-order valence-corrected chi connectivity index (χ4v) is 5.20. The first kappa shape index (κ1) is 24.3. The maximum atomic E-state index is 6.14. The molecule has 2 atom stereocenters. The van der Waals surface area contributed by atoms with Gasteiger partial charge in [0.25, 0.3) is 0 Å². The summed E-state index contributed by atoms with van der Waals surface area (Å²) >= 11 is 1.80. The molecule has 0 saturated carbocycles. The smallest absolute Gasteiger partial charge is 0.224 e. The van der Waals surface area contributed by atoms with Crippen molar-refractivity contribution in [1.82, 2.24) is 19.2 Å². The Morgan fingerprint density at radius 2 is 1.83 bits per heavy atom. The number of aromatic nitrogens is 2. The number of rotatable bonds is 8. The summed E-state index contributed by atoms with van der Waals surface area (Å²) in [7, 11) is 1.69. The molecular weight excluding hydrogens is 464 g/mol. The Morgan fingerprint density at radius 1 is 1.03 bits per heavy atom. The van der Waals surface area contributed by atoms with Gasteiger partial charge in [-0.3, -0.25) is 4.90 Å². The predicted octanol–water partition coefficient (Wildman–Crippen LogP) is 3.82. The second-order valence-electron chi connectivity index (χ2n) is 8.69. The average molecular weight is 497 g/mol. The number of para-hydroxylation sites is 1. The van der Waals surface area contributed by atoms with Crippen LogP contribution < -0.4 is 9.47 Å². The Kier molecular flexibility index (Phi) is 8.00. The number of methoxy groups -OCH3 is 1. The fraction of sp³-hybridized carbons (Fsp3) is 0.462. The van der Waals surface area contributed by atoms with Gasteiger partial charge in [-0.15, -0.1) is 0 Å². The number of piperazine rings is 1. The van der Waals surface area contributed by atoms with Crippen LogP contribution in [-0.2, 0) is 9.47 Å². The van der Waals surface area contributed by atoms with E-state index in [2.05, 4.69) is 28.3 Å². The standard InChI is InChI=1S/C26H32N4O4S/c1-19(29-11-13-30(14-12-29)35-22-9-7-20(31-2)8-10-22)25-27-24-6-4-3-5-23(24)26(28-25)34-18-21-17-32-15-16-33-21/h3-10,19,21H,11-18H2,1-2H3. The van der Waals surface area contributed by atoms with Crippen molar-refractivity contribution in [1.29, 1.82) is 0 Å². The van der Waals surface area contributed by atoms with Gasteiger partial charge in [0.2, 0.25) is 5.88 Å². The summed E-state index contributed by atoms with van der Waals surface area (Å²) in [6, 6.07) is 16.3. The molecule has 9 heteroatoms. The van der Waals surface area contributed by atoms with Crippen LogP contribution in [-0.4, -0.2) is 85.0 Å². The third kappa shape index (κ3) is 6.05. The third-order valence-electron chi connectivity index (χ3n) is 6.37. The molecule has 35 heavy (non-hydrogen) atoms. The lowest BCUT2D eigenvalue weighted by molar-refractivity contribution is -0.101. The lowest BCUT2D eigenvalue weighted by Gasteiger charge is -2.36. The molecule has 2 aliphatic rings. The molecule has 0 amide bonds. The van der Waals surface area contributed by atoms with Crippen LogP contribution in [0, 0.1) is 0 Å². The SMILES string of the molecule is COc1ccc(SN2CCN(C(C)c3nc(OCC4COCCO4)c4ccccc4n3)CC2)cc1. The van der Waals surface area contributed by atoms with Crippen molar-refractivity contribution < 1.29 is 18.9 Å². The minimum atomic E-state index is -0.0744. The Labute approximate surface area is 210 Å². The van der Waals surface area contributed by atoms with Crippen LogP contribution in [0.4, 0.5) is 0 Å². The summed E-state index contributed by atoms with van der Waals surface area (Å²) in [5.41, 5.74) is 0.897. The van der Waals surface area contributed by atoms with Crippen LogP contribution in [0.1, 0.15) is 18.8 Å². The highest BCUT2D eigenvalue weighted by Gasteiger charge is 2.26. The zero-order valence-electron chi connectivity index (χ0n) is 20.3. The fourth-order valence-electron chi connectivity index (χ4n) is 4.30. The van der Waals surface area contributed by atoms with E-state index in [9.17, 15) is 0 Å². The number of fused-ring (bicyclic) bond motifs is 1. The zero-order valence-corrected chi connectivity index (χ0v) is 21.1. The minimum Gasteiger partial charge on any atom is -0.497 e. The predicted molar refractivity (Wildman–Crippen MR) is 136 cm³/mol. The van der Waals surface area contributed by atoms with Gasteiger partial charge >= 0.3 is 0 Å². The summed E-state index contributed by atoms with van der Waals surface area (Å²) in [5.74, 6) is 2.28. The molecule has 0 bridgehead atoms. The topological polar surface area (TPSA) is 69.2 Å². The molecule has 2 aromatic carbocycles. The molecule has 3 heterocycles. The molecule has 2 saturated heterocycles. The molecule has 3 aromatic rings. The van der Waals surface area contributed by atoms with Gasteiger partial charge in [0.1, 0.15) is 24.3 Å². The lowest BCUT2D eigenvalue weighted by atomic mass is 10.2. The van der Waals surface area contributed by atoms with Gasteiger partial charge in [0, 0.05) is 31.1 Å². The molecular formula is C26H32N4O4S. The van der Waals surface area contributed by atoms with Gasteiger partial charge in [-0.2, -0.15) is 4.98 Å². The summed E-state index contributed by atoms with van der Waals surface area (Å²) in [6.07, 6.45) is -0.0744. The monoisotopic (exact) mass is 496 g/mol. The maximum absolute atomic E-state index is 6.14. The van der Waals surface area contributed by atoms with Crippen LogP contribution in [0.25, 0.3) is 10.9 Å². The molecule has 186 valence electrons. The lowest BCUT2D eigenvalue weighted by Crippen LogP contribution is -2.44. The van der Waals surface area contributed by atoms with E-state index >= 15 is 0 Å². The highest BCUT2D eigenvalue weighted by Crippen LogP contribution is 2.30. The van der Waals surface area contributed by atoms with Crippen molar-refractivity contribution >= 4 is 22.9 Å². The molecule has 2 unspecified atom stereocenters. The van der Waals surface area contributed by atoms with Crippen molar-refractivity contribution in [3.05, 3.63) is 54.4 Å². The van der Waals surface area contributed by atoms with Gasteiger partial charge in [-0.05, 0) is 55.3 Å². The summed E-state index contributed by atoms with van der Waals surface area (Å²) in [4.78, 5) is 13.4. The Bertz CT molecular complexity index is 1100. The number of ether oxygens (including phenoxy) is 4. The van der Waals surface area contributed by atoms with Gasteiger partial charge < -0.3 is 18.9 Å². The highest BCUT2D eigenvalue weighted by atomic mass is 32.2. The second kappa shape index (κ2) is 11.5. The van der Waals surface area contributed by atoms with Crippen molar-refractivity contribution in [3.63, 3.8) is 0 Å². The molecule has 0 spiro atoms. The Morgan fingerprint density at radius 3 is 2.57 bits per heavy atom.